The summed E-state index contributed by atoms with van der Waals surface area (Å²) in [6.07, 6.45) is 11.4. The van der Waals surface area contributed by atoms with Gasteiger partial charge in [0.25, 0.3) is 0 Å². The first kappa shape index (κ1) is 12.5. The van der Waals surface area contributed by atoms with Crippen molar-refractivity contribution in [3.8, 4) is 0 Å². The number of hydrogen-bond donors (Lipinski definition) is 0. The van der Waals surface area contributed by atoms with Crippen molar-refractivity contribution in [2.45, 2.75) is 70.8 Å². The molecule has 1 heterocycles. The van der Waals surface area contributed by atoms with Crippen molar-refractivity contribution in [3.05, 3.63) is 0 Å². The molecule has 0 spiro atoms. The first-order chi connectivity index (χ1) is 8.78. The van der Waals surface area contributed by atoms with Crippen LogP contribution in [0.2, 0.25) is 0 Å². The van der Waals surface area contributed by atoms with Gasteiger partial charge in [-0.15, -0.1) is 0 Å². The maximum Gasteiger partial charge on any atom is 0.223 e. The number of likely N-dealkylation sites (tertiary alicyclic amines) is 1. The lowest BCUT2D eigenvalue weighted by Crippen LogP contribution is -2.44. The van der Waals surface area contributed by atoms with Gasteiger partial charge in [-0.25, -0.2) is 0 Å². The third kappa shape index (κ3) is 2.31. The molecule has 0 aromatic carbocycles. The van der Waals surface area contributed by atoms with Gasteiger partial charge in [0.1, 0.15) is 0 Å². The van der Waals surface area contributed by atoms with Crippen LogP contribution in [0.1, 0.15) is 64.7 Å². The van der Waals surface area contributed by atoms with E-state index in [0.29, 0.717) is 11.9 Å². The van der Waals surface area contributed by atoms with Crippen molar-refractivity contribution >= 4 is 5.91 Å². The summed E-state index contributed by atoms with van der Waals surface area (Å²) >= 11 is 0. The lowest BCUT2D eigenvalue weighted by Gasteiger charge is -2.36. The lowest BCUT2D eigenvalue weighted by atomic mass is 9.85. The van der Waals surface area contributed by atoms with E-state index in [9.17, 15) is 4.79 Å². The summed E-state index contributed by atoms with van der Waals surface area (Å²) in [5, 5.41) is 0. The summed E-state index contributed by atoms with van der Waals surface area (Å²) in [5.41, 5.74) is 0. The Bertz CT molecular complexity index is 314. The van der Waals surface area contributed by atoms with E-state index in [1.54, 1.807) is 0 Å². The summed E-state index contributed by atoms with van der Waals surface area (Å²) in [6, 6.07) is 0.546. The molecule has 3 fully saturated rings. The van der Waals surface area contributed by atoms with Crippen LogP contribution < -0.4 is 0 Å². The van der Waals surface area contributed by atoms with Crippen LogP contribution in [0.4, 0.5) is 0 Å². The molecule has 2 saturated carbocycles. The normalized spacial score (nSPS) is 39.3. The van der Waals surface area contributed by atoms with Gasteiger partial charge in [-0.1, -0.05) is 13.3 Å². The zero-order chi connectivity index (χ0) is 12.5. The van der Waals surface area contributed by atoms with Gasteiger partial charge in [0.2, 0.25) is 5.91 Å². The molecule has 18 heavy (non-hydrogen) atoms. The highest BCUT2D eigenvalue weighted by Crippen LogP contribution is 2.49. The van der Waals surface area contributed by atoms with Crippen LogP contribution in [-0.2, 0) is 4.79 Å². The number of nitrogens with zero attached hydrogens (tertiary/aromatic N) is 1. The summed E-state index contributed by atoms with van der Waals surface area (Å²) in [4.78, 5) is 14.7. The number of piperidine rings is 1. The van der Waals surface area contributed by atoms with Gasteiger partial charge in [-0.3, -0.25) is 4.79 Å². The van der Waals surface area contributed by atoms with Crippen molar-refractivity contribution in [1.29, 1.82) is 0 Å². The third-order valence-electron chi connectivity index (χ3n) is 5.74. The zero-order valence-corrected chi connectivity index (χ0v) is 11.7. The van der Waals surface area contributed by atoms with Crippen molar-refractivity contribution in [2.75, 3.05) is 6.54 Å². The smallest absolute Gasteiger partial charge is 0.223 e. The quantitative estimate of drug-likeness (QED) is 0.748. The fraction of sp³-hybridized carbons (Fsp3) is 0.938. The first-order valence-corrected chi connectivity index (χ1v) is 8.07. The van der Waals surface area contributed by atoms with E-state index >= 15 is 0 Å². The van der Waals surface area contributed by atoms with Crippen LogP contribution in [0.15, 0.2) is 0 Å². The van der Waals surface area contributed by atoms with Crippen LogP contribution in [0.3, 0.4) is 0 Å². The van der Waals surface area contributed by atoms with Crippen molar-refractivity contribution in [3.63, 3.8) is 0 Å². The van der Waals surface area contributed by atoms with E-state index in [2.05, 4.69) is 11.8 Å². The van der Waals surface area contributed by atoms with E-state index in [-0.39, 0.29) is 0 Å². The first-order valence-electron chi connectivity index (χ1n) is 8.07. The Balaban J connectivity index is 1.57. The molecule has 1 aliphatic heterocycles. The molecule has 4 unspecified atom stereocenters. The summed E-state index contributed by atoms with van der Waals surface area (Å²) in [7, 11) is 0. The standard InChI is InChI=1S/C16H27NO/c1-2-15-5-3-4-8-17(15)16(18)11-14-10-12-6-7-13(14)9-12/h12-15H,2-11H2,1H3. The third-order valence-corrected chi connectivity index (χ3v) is 5.74. The summed E-state index contributed by atoms with van der Waals surface area (Å²) < 4.78 is 0. The molecule has 0 N–H and O–H groups in total. The van der Waals surface area contributed by atoms with Gasteiger partial charge in [0.15, 0.2) is 0 Å². The average molecular weight is 249 g/mol. The van der Waals surface area contributed by atoms with Crippen molar-refractivity contribution < 1.29 is 4.79 Å². The molecule has 2 nitrogen and oxygen atoms in total. The molecular formula is C16H27NO. The highest BCUT2D eigenvalue weighted by molar-refractivity contribution is 5.77. The Labute approximate surface area is 111 Å². The highest BCUT2D eigenvalue weighted by Gasteiger charge is 2.41. The molecule has 0 aromatic rings. The van der Waals surface area contributed by atoms with Crippen LogP contribution in [0, 0.1) is 17.8 Å². The second-order valence-electron chi connectivity index (χ2n) is 6.78. The number of rotatable bonds is 3. The number of carbonyl (C=O) groups is 1. The van der Waals surface area contributed by atoms with E-state index in [4.69, 9.17) is 0 Å². The van der Waals surface area contributed by atoms with Crippen LogP contribution in [0.25, 0.3) is 0 Å². The molecule has 2 bridgehead atoms. The molecule has 0 radical (unpaired) electrons. The molecule has 1 saturated heterocycles. The van der Waals surface area contributed by atoms with E-state index in [1.807, 2.05) is 0 Å². The minimum atomic E-state index is 0.471. The fourth-order valence-corrected chi connectivity index (χ4v) is 4.72. The predicted octanol–water partition coefficient (Wildman–Crippen LogP) is 3.60. The predicted molar refractivity (Wildman–Crippen MR) is 73.2 cm³/mol. The summed E-state index contributed by atoms with van der Waals surface area (Å²) in [5.74, 6) is 3.06. The van der Waals surface area contributed by atoms with E-state index < -0.39 is 0 Å². The van der Waals surface area contributed by atoms with Gasteiger partial charge in [0, 0.05) is 19.0 Å². The van der Waals surface area contributed by atoms with Gasteiger partial charge < -0.3 is 4.90 Å². The maximum absolute atomic E-state index is 12.5. The Morgan fingerprint density at radius 1 is 1.17 bits per heavy atom. The second kappa shape index (κ2) is 5.22. The Hall–Kier alpha value is -0.530. The Kier molecular flexibility index (Phi) is 3.63. The fourth-order valence-electron chi connectivity index (χ4n) is 4.72. The molecule has 3 aliphatic rings. The van der Waals surface area contributed by atoms with Crippen LogP contribution in [0.5, 0.6) is 0 Å². The van der Waals surface area contributed by atoms with Gasteiger partial charge in [0.05, 0.1) is 0 Å². The number of carbonyl (C=O) groups excluding carboxylic acids is 1. The average Bonchev–Trinajstić information content (AvgIpc) is 3.01. The second-order valence-corrected chi connectivity index (χ2v) is 6.78. The topological polar surface area (TPSA) is 20.3 Å². The SMILES string of the molecule is CCC1CCCCN1C(=O)CC1CC2CCC1C2. The highest BCUT2D eigenvalue weighted by atomic mass is 16.2. The minimum Gasteiger partial charge on any atom is -0.340 e. The van der Waals surface area contributed by atoms with Gasteiger partial charge in [-0.05, 0) is 62.7 Å². The van der Waals surface area contributed by atoms with E-state index in [1.165, 1.54) is 44.9 Å². The van der Waals surface area contributed by atoms with Gasteiger partial charge in [-0.2, -0.15) is 0 Å². The molecule has 2 heteroatoms. The molecular weight excluding hydrogens is 222 g/mol. The number of fused-ring (bicyclic) bond motifs is 2. The molecule has 0 aromatic heterocycles. The molecule has 102 valence electrons. The van der Waals surface area contributed by atoms with Crippen molar-refractivity contribution in [1.82, 2.24) is 4.90 Å². The van der Waals surface area contributed by atoms with Crippen LogP contribution >= 0.6 is 0 Å². The molecule has 1 amide bonds. The van der Waals surface area contributed by atoms with Gasteiger partial charge >= 0.3 is 0 Å². The van der Waals surface area contributed by atoms with E-state index in [0.717, 1.165) is 37.1 Å². The molecule has 2 aliphatic carbocycles. The Morgan fingerprint density at radius 2 is 2.06 bits per heavy atom. The monoisotopic (exact) mass is 249 g/mol. The van der Waals surface area contributed by atoms with Crippen LogP contribution in [-0.4, -0.2) is 23.4 Å². The molecule has 3 rings (SSSR count). The zero-order valence-electron chi connectivity index (χ0n) is 11.7. The Morgan fingerprint density at radius 3 is 2.72 bits per heavy atom. The maximum atomic E-state index is 12.5. The minimum absolute atomic E-state index is 0.471. The van der Waals surface area contributed by atoms with Crippen molar-refractivity contribution in [2.24, 2.45) is 17.8 Å². The number of amides is 1. The largest absolute Gasteiger partial charge is 0.340 e. The molecule has 4 atom stereocenters. The number of hydrogen-bond acceptors (Lipinski definition) is 1. The lowest BCUT2D eigenvalue weighted by molar-refractivity contribution is -0.136. The summed E-state index contributed by atoms with van der Waals surface area (Å²) in [6.45, 7) is 3.26.